The van der Waals surface area contributed by atoms with Crippen molar-refractivity contribution in [2.75, 3.05) is 0 Å². The molecule has 4 heteroatoms. The molecular weight excluding hydrogens is 332 g/mol. The second-order valence-electron chi connectivity index (χ2n) is 0. The Morgan fingerprint density at radius 1 is 1.50 bits per heavy atom. The van der Waals surface area contributed by atoms with Crippen LogP contribution in [0.15, 0.2) is 0 Å². The van der Waals surface area contributed by atoms with Crippen LogP contribution >= 0.6 is 0 Å². The molecule has 0 N–H and O–H groups in total. The van der Waals surface area contributed by atoms with E-state index in [-0.39, 0.29) is 95.3 Å². The van der Waals surface area contributed by atoms with Gasteiger partial charge in [-0.25, -0.2) is 0 Å². The van der Waals surface area contributed by atoms with Crippen molar-refractivity contribution in [3.8, 4) is 0 Å². The molecule has 0 aliphatic carbocycles. The normalized spacial score (nSPS) is 1.00. The average Bonchev–Trinajstić information content (AvgIpc) is 1.00. The molecule has 0 aromatic rings. The molecule has 1 nitrogen and oxygen atoms in total. The molecule has 0 unspecified atom stereocenters. The van der Waals surface area contributed by atoms with Crippen LogP contribution in [0.3, 0.4) is 0 Å². The molecule has 0 radical (unpaired) electrons. The molecule has 0 spiro atoms. The Morgan fingerprint density at radius 2 is 1.50 bits per heavy atom. The van der Waals surface area contributed by atoms with E-state index in [1.54, 1.807) is 15.9 Å². The smallest absolute Gasteiger partial charge is 0 e. The van der Waals surface area contributed by atoms with Gasteiger partial charge >= 0.3 is 65.3 Å². The van der Waals surface area contributed by atoms with Crippen molar-refractivity contribution in [1.82, 2.24) is 0 Å². The van der Waals surface area contributed by atoms with Gasteiger partial charge in [-0.2, -0.15) is 0 Å². The summed E-state index contributed by atoms with van der Waals surface area (Å²) < 4.78 is 8.06. The maximum Gasteiger partial charge on any atom is 2.00 e. The number of rotatable bonds is 0. The van der Waals surface area contributed by atoms with Gasteiger partial charge < -0.3 is 2.85 Å². The molecule has 0 heterocycles. The summed E-state index contributed by atoms with van der Waals surface area (Å²) in [5.41, 5.74) is 0. The van der Waals surface area contributed by atoms with Crippen molar-refractivity contribution in [2.45, 2.75) is 0 Å². The van der Waals surface area contributed by atoms with Gasteiger partial charge in [-0.1, -0.05) is 0 Å². The van der Waals surface area contributed by atoms with Gasteiger partial charge in [-0.05, 0) is 0 Å². The standard InChI is InChI=1S/Mn.O.Sr.Yb.2H/q;;+2;;2*-1. The zero-order valence-corrected chi connectivity index (χ0v) is 8.13. The molecule has 0 amide bonds. The minimum absolute atomic E-state index is 0. The van der Waals surface area contributed by atoms with Crippen molar-refractivity contribution in [3.63, 3.8) is 0 Å². The summed E-state index contributed by atoms with van der Waals surface area (Å²) in [6.07, 6.45) is 0. The van der Waals surface area contributed by atoms with Gasteiger partial charge in [0.1, 0.15) is 0 Å². The first-order valence-electron chi connectivity index (χ1n) is 0.154. The molecule has 0 aromatic carbocycles. The first kappa shape index (κ1) is 15.7. The SMILES string of the molecule is [H-].[H-].[O]=[Mn].[Sr+2].[Yb]. The Labute approximate surface area is 112 Å². The van der Waals surface area contributed by atoms with E-state index in [0.717, 1.165) is 0 Å². The van der Waals surface area contributed by atoms with Crippen molar-refractivity contribution in [1.29, 1.82) is 0 Å². The Balaban J connectivity index is -0.000000000833. The zero-order chi connectivity index (χ0) is 2.00. The second-order valence-corrected chi connectivity index (χ2v) is 0. The largest absolute Gasteiger partial charge is 2.00 e. The van der Waals surface area contributed by atoms with Crippen molar-refractivity contribution in [2.24, 2.45) is 0 Å². The van der Waals surface area contributed by atoms with E-state index in [1.165, 1.54) is 0 Å². The van der Waals surface area contributed by atoms with Gasteiger partial charge in [0.15, 0.2) is 0 Å². The molecule has 0 fully saturated rings. The maximum absolute atomic E-state index is 8.06. The minimum Gasteiger partial charge on any atom is 0 e. The first-order chi connectivity index (χ1) is 1.00. The van der Waals surface area contributed by atoms with E-state index in [9.17, 15) is 0 Å². The Hall–Kier alpha value is 3.32. The fourth-order valence-electron chi connectivity index (χ4n) is 0. The molecule has 0 aromatic heterocycles. The summed E-state index contributed by atoms with van der Waals surface area (Å²) in [4.78, 5) is 0. The third-order valence-electron chi connectivity index (χ3n) is 0. The maximum atomic E-state index is 8.06. The molecule has 0 aliphatic heterocycles. The third kappa shape index (κ3) is 9.01. The fourth-order valence-corrected chi connectivity index (χ4v) is 0. The van der Waals surface area contributed by atoms with E-state index in [0.29, 0.717) is 0 Å². The summed E-state index contributed by atoms with van der Waals surface area (Å²) in [6, 6.07) is 0. The van der Waals surface area contributed by atoms with E-state index in [4.69, 9.17) is 3.83 Å². The fraction of sp³-hybridized carbons (Fsp3) is 0. The van der Waals surface area contributed by atoms with Crippen LogP contribution in [0, 0.1) is 46.9 Å². The number of hydrogen-bond donors (Lipinski definition) is 0. The van der Waals surface area contributed by atoms with E-state index in [2.05, 4.69) is 0 Å². The van der Waals surface area contributed by atoms with Gasteiger partial charge in [0.25, 0.3) is 0 Å². The molecule has 0 aliphatic rings. The summed E-state index contributed by atoms with van der Waals surface area (Å²) in [6.45, 7) is 0. The average molecular weight is 334 g/mol. The van der Waals surface area contributed by atoms with Crippen LogP contribution in [0.1, 0.15) is 2.85 Å². The predicted molar refractivity (Wildman–Crippen MR) is 8.66 cm³/mol. The zero-order valence-electron chi connectivity index (χ0n) is 3.76. The predicted octanol–water partition coefficient (Wildman–Crippen LogP) is -0.277. The van der Waals surface area contributed by atoms with Crippen LogP contribution in [0.2, 0.25) is 0 Å². The molecule has 0 bridgehead atoms. The van der Waals surface area contributed by atoms with E-state index < -0.39 is 0 Å². The Morgan fingerprint density at radius 3 is 1.50 bits per heavy atom. The van der Waals surface area contributed by atoms with Crippen molar-refractivity contribution >= 4 is 45.5 Å². The molecule has 0 atom stereocenters. The summed E-state index contributed by atoms with van der Waals surface area (Å²) in [7, 11) is 0. The summed E-state index contributed by atoms with van der Waals surface area (Å²) in [5.74, 6) is 0. The van der Waals surface area contributed by atoms with Crippen LogP contribution in [0.25, 0.3) is 0 Å². The molecule has 0 rings (SSSR count). The monoisotopic (exact) mass is 335 g/mol. The minimum atomic E-state index is 0. The van der Waals surface area contributed by atoms with Crippen molar-refractivity contribution in [3.05, 3.63) is 0 Å². The third-order valence-corrected chi connectivity index (χ3v) is 0. The number of hydrogen-bond acceptors (Lipinski definition) is 1. The Bertz CT molecular complexity index is 13.5. The summed E-state index contributed by atoms with van der Waals surface area (Å²) >= 11 is 1.69. The van der Waals surface area contributed by atoms with Gasteiger partial charge in [-0.3, -0.25) is 0 Å². The Kier molecular flexibility index (Phi) is 63.6. The van der Waals surface area contributed by atoms with Crippen LogP contribution in [-0.2, 0) is 19.8 Å². The van der Waals surface area contributed by atoms with Crippen LogP contribution in [0.4, 0.5) is 0 Å². The molecule has 0 saturated heterocycles. The van der Waals surface area contributed by atoms with Crippen molar-refractivity contribution < 1.29 is 69.6 Å². The van der Waals surface area contributed by atoms with Crippen LogP contribution < -0.4 is 0 Å². The molecule has 31 valence electrons. The van der Waals surface area contributed by atoms with Crippen LogP contribution in [0.5, 0.6) is 0 Å². The van der Waals surface area contributed by atoms with E-state index >= 15 is 0 Å². The van der Waals surface area contributed by atoms with E-state index in [1.807, 2.05) is 0 Å². The molecular formula is H2MnOSrYb. The van der Waals surface area contributed by atoms with Gasteiger partial charge in [0.2, 0.25) is 0 Å². The van der Waals surface area contributed by atoms with Crippen LogP contribution in [-0.4, -0.2) is 45.5 Å². The molecule has 4 heavy (non-hydrogen) atoms. The quantitative estimate of drug-likeness (QED) is 0.558. The first-order valence-corrected chi connectivity index (χ1v) is 0.636. The topological polar surface area (TPSA) is 17.1 Å². The second kappa shape index (κ2) is 16.2. The van der Waals surface area contributed by atoms with Gasteiger partial charge in [-0.15, -0.1) is 0 Å². The van der Waals surface area contributed by atoms with Gasteiger partial charge in [0, 0.05) is 46.9 Å². The summed E-state index contributed by atoms with van der Waals surface area (Å²) in [5, 5.41) is 0. The van der Waals surface area contributed by atoms with Gasteiger partial charge in [0.05, 0.1) is 0 Å². The molecule has 0 saturated carbocycles.